The molecular formula is C14H9F7N2O. The average molecular weight is 354 g/mol. The maximum atomic E-state index is 13.7. The topological polar surface area (TPSA) is 48.1 Å². The lowest BCUT2D eigenvalue weighted by molar-refractivity contribution is -0.275. The van der Waals surface area contributed by atoms with Crippen LogP contribution < -0.4 is 10.5 Å². The molecule has 2 aromatic rings. The summed E-state index contributed by atoms with van der Waals surface area (Å²) in [5, 5.41) is 0. The summed E-state index contributed by atoms with van der Waals surface area (Å²) < 4.78 is 92.2. The van der Waals surface area contributed by atoms with Gasteiger partial charge >= 0.3 is 12.5 Å². The van der Waals surface area contributed by atoms with Gasteiger partial charge < -0.3 is 10.5 Å². The van der Waals surface area contributed by atoms with Gasteiger partial charge in [-0.25, -0.2) is 4.39 Å². The molecule has 1 atom stereocenters. The number of hydrogen-bond donors (Lipinski definition) is 1. The molecule has 0 aliphatic heterocycles. The van der Waals surface area contributed by atoms with Crippen LogP contribution in [0.2, 0.25) is 0 Å². The van der Waals surface area contributed by atoms with Crippen LogP contribution in [-0.4, -0.2) is 11.3 Å². The minimum Gasteiger partial charge on any atom is -0.403 e. The lowest BCUT2D eigenvalue weighted by atomic mass is 9.99. The molecule has 1 heterocycles. The SMILES string of the molecule is N[C@@H](c1ccc(OC(F)(F)F)c(F)c1)c1ncccc1C(F)(F)F. The number of alkyl halides is 6. The van der Waals surface area contributed by atoms with Gasteiger partial charge in [0.2, 0.25) is 0 Å². The Morgan fingerprint density at radius 1 is 1.04 bits per heavy atom. The van der Waals surface area contributed by atoms with Crippen LogP contribution in [0.5, 0.6) is 5.75 Å². The summed E-state index contributed by atoms with van der Waals surface area (Å²) in [5.74, 6) is -2.53. The van der Waals surface area contributed by atoms with Gasteiger partial charge in [0, 0.05) is 6.20 Å². The summed E-state index contributed by atoms with van der Waals surface area (Å²) in [6.07, 6.45) is -8.77. The molecule has 130 valence electrons. The van der Waals surface area contributed by atoms with Crippen molar-refractivity contribution in [1.82, 2.24) is 4.98 Å². The fourth-order valence-electron chi connectivity index (χ4n) is 1.98. The van der Waals surface area contributed by atoms with Crippen molar-refractivity contribution in [3.63, 3.8) is 0 Å². The molecular weight excluding hydrogens is 345 g/mol. The minimum absolute atomic E-state index is 0.189. The molecule has 0 radical (unpaired) electrons. The Balaban J connectivity index is 2.38. The smallest absolute Gasteiger partial charge is 0.403 e. The van der Waals surface area contributed by atoms with Crippen LogP contribution in [-0.2, 0) is 6.18 Å². The predicted octanol–water partition coefficient (Wildman–Crippen LogP) is 4.19. The van der Waals surface area contributed by atoms with Crippen LogP contribution >= 0.6 is 0 Å². The van der Waals surface area contributed by atoms with Crippen molar-refractivity contribution in [2.45, 2.75) is 18.6 Å². The summed E-state index contributed by atoms with van der Waals surface area (Å²) in [5.41, 5.74) is 3.79. The Labute approximate surface area is 130 Å². The number of halogens is 7. The van der Waals surface area contributed by atoms with E-state index in [0.29, 0.717) is 12.1 Å². The molecule has 0 aliphatic rings. The van der Waals surface area contributed by atoms with Gasteiger partial charge in [0.05, 0.1) is 17.3 Å². The highest BCUT2D eigenvalue weighted by Crippen LogP contribution is 2.35. The molecule has 0 spiro atoms. The van der Waals surface area contributed by atoms with E-state index in [2.05, 4.69) is 9.72 Å². The molecule has 0 unspecified atom stereocenters. The molecule has 0 saturated heterocycles. The van der Waals surface area contributed by atoms with Gasteiger partial charge in [-0.2, -0.15) is 13.2 Å². The van der Waals surface area contributed by atoms with E-state index in [-0.39, 0.29) is 5.56 Å². The molecule has 0 fully saturated rings. The van der Waals surface area contributed by atoms with Crippen molar-refractivity contribution in [2.24, 2.45) is 5.73 Å². The van der Waals surface area contributed by atoms with E-state index in [1.54, 1.807) is 0 Å². The fraction of sp³-hybridized carbons (Fsp3) is 0.214. The molecule has 10 heteroatoms. The fourth-order valence-corrected chi connectivity index (χ4v) is 1.98. The second kappa shape index (κ2) is 6.27. The molecule has 1 aromatic carbocycles. The Hall–Kier alpha value is -2.36. The Morgan fingerprint density at radius 3 is 2.25 bits per heavy atom. The van der Waals surface area contributed by atoms with Crippen LogP contribution in [0.4, 0.5) is 30.7 Å². The second-order valence-corrected chi connectivity index (χ2v) is 4.65. The normalized spacial score (nSPS) is 13.7. The number of aromatic nitrogens is 1. The highest BCUT2D eigenvalue weighted by molar-refractivity contribution is 5.37. The maximum Gasteiger partial charge on any atom is 0.573 e. The van der Waals surface area contributed by atoms with Crippen molar-refractivity contribution in [1.29, 1.82) is 0 Å². The van der Waals surface area contributed by atoms with E-state index < -0.39 is 41.4 Å². The molecule has 24 heavy (non-hydrogen) atoms. The highest BCUT2D eigenvalue weighted by Gasteiger charge is 2.36. The third kappa shape index (κ3) is 4.13. The molecule has 0 aliphatic carbocycles. The lowest BCUT2D eigenvalue weighted by Crippen LogP contribution is -2.21. The van der Waals surface area contributed by atoms with Crippen molar-refractivity contribution in [2.75, 3.05) is 0 Å². The van der Waals surface area contributed by atoms with Crippen molar-refractivity contribution in [3.05, 3.63) is 59.2 Å². The number of pyridine rings is 1. The average Bonchev–Trinajstić information content (AvgIpc) is 2.46. The van der Waals surface area contributed by atoms with Crippen LogP contribution in [0, 0.1) is 5.82 Å². The lowest BCUT2D eigenvalue weighted by Gasteiger charge is -2.18. The van der Waals surface area contributed by atoms with E-state index in [9.17, 15) is 30.7 Å². The van der Waals surface area contributed by atoms with Gasteiger partial charge in [0.15, 0.2) is 11.6 Å². The first-order valence-corrected chi connectivity index (χ1v) is 6.32. The van der Waals surface area contributed by atoms with Gasteiger partial charge in [0.1, 0.15) is 0 Å². The largest absolute Gasteiger partial charge is 0.573 e. The van der Waals surface area contributed by atoms with Gasteiger partial charge in [0.25, 0.3) is 0 Å². The summed E-state index contributed by atoms with van der Waals surface area (Å²) in [6, 6.07) is 2.45. The zero-order chi connectivity index (χ0) is 18.1. The van der Waals surface area contributed by atoms with E-state index in [1.807, 2.05) is 0 Å². The highest BCUT2D eigenvalue weighted by atomic mass is 19.4. The van der Waals surface area contributed by atoms with Gasteiger partial charge in [-0.1, -0.05) is 6.07 Å². The minimum atomic E-state index is -5.10. The predicted molar refractivity (Wildman–Crippen MR) is 68.4 cm³/mol. The number of hydrogen-bond acceptors (Lipinski definition) is 3. The first-order valence-electron chi connectivity index (χ1n) is 6.32. The van der Waals surface area contributed by atoms with E-state index in [0.717, 1.165) is 24.4 Å². The number of nitrogens with zero attached hydrogens (tertiary/aromatic N) is 1. The standard InChI is InChI=1S/C14H9F7N2O/c15-9-6-7(3-4-10(9)24-14(19,20)21)11(22)12-8(13(16,17)18)2-1-5-23-12/h1-6,11H,22H2/t11-/m0/s1. The van der Waals surface area contributed by atoms with Crippen molar-refractivity contribution in [3.8, 4) is 5.75 Å². The second-order valence-electron chi connectivity index (χ2n) is 4.65. The van der Waals surface area contributed by atoms with Gasteiger partial charge in [-0.3, -0.25) is 4.98 Å². The van der Waals surface area contributed by atoms with E-state index >= 15 is 0 Å². The molecule has 0 bridgehead atoms. The quantitative estimate of drug-likeness (QED) is 0.841. The van der Waals surface area contributed by atoms with Crippen LogP contribution in [0.15, 0.2) is 36.5 Å². The first kappa shape index (κ1) is 18.0. The summed E-state index contributed by atoms with van der Waals surface area (Å²) in [7, 11) is 0. The third-order valence-electron chi connectivity index (χ3n) is 2.98. The Bertz CT molecular complexity index is 728. The van der Waals surface area contributed by atoms with Crippen LogP contribution in [0.1, 0.15) is 22.9 Å². The van der Waals surface area contributed by atoms with E-state index in [1.165, 1.54) is 0 Å². The molecule has 3 nitrogen and oxygen atoms in total. The monoisotopic (exact) mass is 354 g/mol. The van der Waals surface area contributed by atoms with Gasteiger partial charge in [-0.05, 0) is 29.8 Å². The van der Waals surface area contributed by atoms with Gasteiger partial charge in [-0.15, -0.1) is 13.2 Å². The molecule has 2 rings (SSSR count). The Morgan fingerprint density at radius 2 is 1.71 bits per heavy atom. The first-order chi connectivity index (χ1) is 11.0. The van der Waals surface area contributed by atoms with Crippen molar-refractivity contribution < 1.29 is 35.5 Å². The number of benzene rings is 1. The molecule has 1 aromatic heterocycles. The summed E-state index contributed by atoms with van der Waals surface area (Å²) in [4.78, 5) is 3.55. The van der Waals surface area contributed by atoms with Crippen LogP contribution in [0.25, 0.3) is 0 Å². The van der Waals surface area contributed by atoms with Crippen LogP contribution in [0.3, 0.4) is 0 Å². The molecule has 2 N–H and O–H groups in total. The summed E-state index contributed by atoms with van der Waals surface area (Å²) in [6.45, 7) is 0. The van der Waals surface area contributed by atoms with Crippen molar-refractivity contribution >= 4 is 0 Å². The zero-order valence-electron chi connectivity index (χ0n) is 11.6. The van der Waals surface area contributed by atoms with E-state index in [4.69, 9.17) is 5.73 Å². The maximum absolute atomic E-state index is 13.7. The number of ether oxygens (including phenoxy) is 1. The zero-order valence-corrected chi connectivity index (χ0v) is 11.6. The molecule has 0 saturated carbocycles. The number of nitrogens with two attached hydrogens (primary N) is 1. The number of rotatable bonds is 3. The molecule has 0 amide bonds. The third-order valence-corrected chi connectivity index (χ3v) is 2.98. The summed E-state index contributed by atoms with van der Waals surface area (Å²) >= 11 is 0. The Kier molecular flexibility index (Phi) is 4.70.